The molecule has 7 heteroatoms. The third-order valence-electron chi connectivity index (χ3n) is 5.64. The lowest BCUT2D eigenvalue weighted by Crippen LogP contribution is -2.30. The largest absolute Gasteiger partial charge is 0.384 e. The first-order valence-corrected chi connectivity index (χ1v) is 10.2. The van der Waals surface area contributed by atoms with Gasteiger partial charge in [-0.25, -0.2) is 4.98 Å². The molecule has 0 saturated carbocycles. The van der Waals surface area contributed by atoms with E-state index < -0.39 is 5.95 Å². The van der Waals surface area contributed by atoms with Crippen LogP contribution in [-0.4, -0.2) is 27.6 Å². The number of halogens is 1. The van der Waals surface area contributed by atoms with E-state index in [0.29, 0.717) is 27.7 Å². The normalized spacial score (nSPS) is 14.7. The van der Waals surface area contributed by atoms with Crippen LogP contribution in [0.1, 0.15) is 29.9 Å². The lowest BCUT2D eigenvalue weighted by Gasteiger charge is -2.32. The zero-order valence-corrected chi connectivity index (χ0v) is 17.3. The van der Waals surface area contributed by atoms with Gasteiger partial charge in [-0.3, -0.25) is 9.89 Å². The molecule has 0 saturated heterocycles. The third kappa shape index (κ3) is 3.63. The fourth-order valence-electron chi connectivity index (χ4n) is 4.03. The van der Waals surface area contributed by atoms with Crippen molar-refractivity contribution in [1.82, 2.24) is 15.2 Å². The molecule has 0 atom stereocenters. The Labute approximate surface area is 178 Å². The number of benzene rings is 2. The van der Waals surface area contributed by atoms with Gasteiger partial charge in [0.05, 0.1) is 5.52 Å². The van der Waals surface area contributed by atoms with Gasteiger partial charge in [0, 0.05) is 35.1 Å². The van der Waals surface area contributed by atoms with Crippen LogP contribution >= 0.6 is 0 Å². The van der Waals surface area contributed by atoms with Crippen LogP contribution in [0.5, 0.6) is 0 Å². The fraction of sp³-hybridized carbons (Fsp3) is 0.208. The molecular weight excluding hydrogens is 393 g/mol. The number of nitrogens with zero attached hydrogens (tertiary/aromatic N) is 2. The van der Waals surface area contributed by atoms with Crippen LogP contribution in [0.2, 0.25) is 0 Å². The Hall–Kier alpha value is -3.74. The van der Waals surface area contributed by atoms with Crippen molar-refractivity contribution in [1.29, 1.82) is 0 Å². The first-order valence-electron chi connectivity index (χ1n) is 10.2. The smallest absolute Gasteiger partial charge is 0.276 e. The molecule has 4 aromatic rings. The van der Waals surface area contributed by atoms with E-state index >= 15 is 0 Å². The van der Waals surface area contributed by atoms with Gasteiger partial charge < -0.3 is 10.6 Å². The van der Waals surface area contributed by atoms with E-state index in [1.807, 2.05) is 18.2 Å². The van der Waals surface area contributed by atoms with Gasteiger partial charge in [-0.15, -0.1) is 0 Å². The van der Waals surface area contributed by atoms with E-state index in [1.54, 1.807) is 30.3 Å². The number of amides is 1. The second-order valence-electron chi connectivity index (χ2n) is 8.69. The number of hydrogen-bond acceptors (Lipinski definition) is 4. The van der Waals surface area contributed by atoms with Gasteiger partial charge in [-0.05, 0) is 59.4 Å². The van der Waals surface area contributed by atoms with Crippen molar-refractivity contribution in [3.63, 3.8) is 0 Å². The van der Waals surface area contributed by atoms with Gasteiger partial charge in [-0.2, -0.15) is 9.49 Å². The molecule has 5 rings (SSSR count). The number of fused-ring (bicyclic) bond motifs is 2. The highest BCUT2D eigenvalue weighted by atomic mass is 19.1. The van der Waals surface area contributed by atoms with Crippen molar-refractivity contribution in [3.8, 4) is 11.1 Å². The van der Waals surface area contributed by atoms with E-state index in [9.17, 15) is 9.18 Å². The molecule has 0 unspecified atom stereocenters. The Morgan fingerprint density at radius 3 is 2.87 bits per heavy atom. The Morgan fingerprint density at radius 1 is 1.16 bits per heavy atom. The van der Waals surface area contributed by atoms with Crippen molar-refractivity contribution in [3.05, 3.63) is 71.9 Å². The van der Waals surface area contributed by atoms with Gasteiger partial charge >= 0.3 is 0 Å². The van der Waals surface area contributed by atoms with Crippen LogP contribution in [0, 0.1) is 11.4 Å². The Morgan fingerprint density at radius 2 is 2.03 bits per heavy atom. The summed E-state index contributed by atoms with van der Waals surface area (Å²) in [5, 5.41) is 14.1. The highest BCUT2D eigenvalue weighted by molar-refractivity contribution is 6.11. The minimum Gasteiger partial charge on any atom is -0.384 e. The topological polar surface area (TPSA) is 82.7 Å². The SMILES string of the molecule is CC1(C)CNc2cc(NC(=O)c3n[nH]c4ccc(-c5cccnc5F)cc34)ccc2C1. The Kier molecular flexibility index (Phi) is 4.46. The van der Waals surface area contributed by atoms with Crippen LogP contribution in [0.15, 0.2) is 54.7 Å². The number of pyridine rings is 1. The minimum atomic E-state index is -0.555. The molecule has 2 aromatic heterocycles. The molecule has 1 aliphatic heterocycles. The monoisotopic (exact) mass is 415 g/mol. The van der Waals surface area contributed by atoms with Crippen molar-refractivity contribution in [2.75, 3.05) is 17.2 Å². The summed E-state index contributed by atoms with van der Waals surface area (Å²) in [6.45, 7) is 5.34. The van der Waals surface area contributed by atoms with Gasteiger partial charge in [0.2, 0.25) is 5.95 Å². The van der Waals surface area contributed by atoms with Gasteiger partial charge in [0.25, 0.3) is 5.91 Å². The zero-order valence-electron chi connectivity index (χ0n) is 17.3. The summed E-state index contributed by atoms with van der Waals surface area (Å²) in [6, 6.07) is 14.6. The molecule has 0 aliphatic carbocycles. The molecule has 1 amide bonds. The first-order chi connectivity index (χ1) is 14.9. The van der Waals surface area contributed by atoms with E-state index in [1.165, 1.54) is 11.8 Å². The molecule has 0 bridgehead atoms. The molecule has 0 spiro atoms. The summed E-state index contributed by atoms with van der Waals surface area (Å²) in [5.41, 5.74) is 5.15. The maximum atomic E-state index is 14.1. The average Bonchev–Trinajstić information content (AvgIpc) is 3.17. The van der Waals surface area contributed by atoms with Crippen LogP contribution < -0.4 is 10.6 Å². The molecule has 6 nitrogen and oxygen atoms in total. The maximum Gasteiger partial charge on any atom is 0.276 e. The van der Waals surface area contributed by atoms with E-state index in [-0.39, 0.29) is 17.0 Å². The zero-order chi connectivity index (χ0) is 21.6. The number of hydrogen-bond donors (Lipinski definition) is 3. The number of anilines is 2. The number of carbonyl (C=O) groups excluding carboxylic acids is 1. The maximum absolute atomic E-state index is 14.1. The van der Waals surface area contributed by atoms with Crippen molar-refractivity contribution < 1.29 is 9.18 Å². The molecule has 31 heavy (non-hydrogen) atoms. The average molecular weight is 415 g/mol. The number of H-pyrrole nitrogens is 1. The quantitative estimate of drug-likeness (QED) is 0.411. The Balaban J connectivity index is 1.44. The number of aromatic amines is 1. The number of rotatable bonds is 3. The molecular formula is C24H22FN5O. The molecule has 3 heterocycles. The number of nitrogens with one attached hydrogen (secondary N) is 3. The second-order valence-corrected chi connectivity index (χ2v) is 8.69. The van der Waals surface area contributed by atoms with Crippen LogP contribution in [-0.2, 0) is 6.42 Å². The van der Waals surface area contributed by atoms with E-state index in [0.717, 1.165) is 18.7 Å². The predicted molar refractivity (Wildman–Crippen MR) is 120 cm³/mol. The van der Waals surface area contributed by atoms with Crippen molar-refractivity contribution >= 4 is 28.2 Å². The summed E-state index contributed by atoms with van der Waals surface area (Å²) < 4.78 is 14.1. The standard InChI is InChI=1S/C24H22FN5O/c1-24(2)12-15-5-7-16(11-20(15)27-13-24)28-23(31)21-18-10-14(6-8-19(18)29-30-21)17-4-3-9-26-22(17)25/h3-11,27H,12-13H2,1-2H3,(H,28,31)(H,29,30). The lowest BCUT2D eigenvalue weighted by molar-refractivity contribution is 0.102. The van der Waals surface area contributed by atoms with Crippen molar-refractivity contribution in [2.24, 2.45) is 5.41 Å². The number of carbonyl (C=O) groups is 1. The van der Waals surface area contributed by atoms with Crippen molar-refractivity contribution in [2.45, 2.75) is 20.3 Å². The summed E-state index contributed by atoms with van der Waals surface area (Å²) in [5.74, 6) is -0.882. The van der Waals surface area contributed by atoms with Gasteiger partial charge in [0.15, 0.2) is 5.69 Å². The van der Waals surface area contributed by atoms with Crippen LogP contribution in [0.3, 0.4) is 0 Å². The molecule has 0 radical (unpaired) electrons. The first kappa shape index (κ1) is 19.2. The van der Waals surface area contributed by atoms with E-state index in [4.69, 9.17) is 0 Å². The third-order valence-corrected chi connectivity index (χ3v) is 5.64. The molecule has 0 fully saturated rings. The number of aromatic nitrogens is 3. The summed E-state index contributed by atoms with van der Waals surface area (Å²) in [4.78, 5) is 16.7. The predicted octanol–water partition coefficient (Wildman–Crippen LogP) is 5.01. The fourth-order valence-corrected chi connectivity index (χ4v) is 4.03. The van der Waals surface area contributed by atoms with Gasteiger partial charge in [-0.1, -0.05) is 26.0 Å². The second kappa shape index (κ2) is 7.19. The highest BCUT2D eigenvalue weighted by Gasteiger charge is 2.25. The van der Waals surface area contributed by atoms with Crippen LogP contribution in [0.25, 0.3) is 22.0 Å². The van der Waals surface area contributed by atoms with E-state index in [2.05, 4.69) is 39.7 Å². The van der Waals surface area contributed by atoms with Crippen LogP contribution in [0.4, 0.5) is 15.8 Å². The summed E-state index contributed by atoms with van der Waals surface area (Å²) in [6.07, 6.45) is 2.39. The molecule has 3 N–H and O–H groups in total. The highest BCUT2D eigenvalue weighted by Crippen LogP contribution is 2.34. The lowest BCUT2D eigenvalue weighted by atomic mass is 9.82. The summed E-state index contributed by atoms with van der Waals surface area (Å²) in [7, 11) is 0. The van der Waals surface area contributed by atoms with Gasteiger partial charge in [0.1, 0.15) is 0 Å². The minimum absolute atomic E-state index is 0.206. The summed E-state index contributed by atoms with van der Waals surface area (Å²) >= 11 is 0. The molecule has 2 aromatic carbocycles. The molecule has 156 valence electrons. The molecule has 1 aliphatic rings. The Bertz CT molecular complexity index is 1310.